The van der Waals surface area contributed by atoms with Crippen molar-refractivity contribution in [3.63, 3.8) is 0 Å². The van der Waals surface area contributed by atoms with Gasteiger partial charge in [-0.05, 0) is 24.6 Å². The molecule has 0 heterocycles. The molecule has 0 fully saturated rings. The van der Waals surface area contributed by atoms with Crippen LogP contribution in [0.3, 0.4) is 0 Å². The second-order valence-corrected chi connectivity index (χ2v) is 5.21. The summed E-state index contributed by atoms with van der Waals surface area (Å²) in [6.45, 7) is 1.47. The Labute approximate surface area is 131 Å². The molecule has 6 heteroatoms. The van der Waals surface area contributed by atoms with Gasteiger partial charge in [-0.25, -0.2) is 4.39 Å². The van der Waals surface area contributed by atoms with Crippen molar-refractivity contribution in [2.45, 2.75) is 19.8 Å². The van der Waals surface area contributed by atoms with Crippen LogP contribution in [0.4, 0.5) is 10.1 Å². The van der Waals surface area contributed by atoms with Crippen LogP contribution in [-0.2, 0) is 17.6 Å². The molecule has 2 rings (SSSR count). The Balaban J connectivity index is 2.20. The molecular formula is C17H14FNO4. The van der Waals surface area contributed by atoms with Crippen molar-refractivity contribution in [3.05, 3.63) is 75.1 Å². The summed E-state index contributed by atoms with van der Waals surface area (Å²) in [6.07, 6.45) is 0.0178. The van der Waals surface area contributed by atoms with Crippen LogP contribution in [0.25, 0.3) is 0 Å². The van der Waals surface area contributed by atoms with Gasteiger partial charge in [-0.15, -0.1) is 0 Å². The SMILES string of the molecule is CC(=O)Cc1ccc(C(=O)Cc2cc(F)ccc2[N+](=O)[O-])cc1. The third kappa shape index (κ3) is 4.29. The molecule has 0 aliphatic carbocycles. The van der Waals surface area contributed by atoms with Crippen molar-refractivity contribution >= 4 is 17.3 Å². The molecule has 5 nitrogen and oxygen atoms in total. The molecule has 118 valence electrons. The lowest BCUT2D eigenvalue weighted by molar-refractivity contribution is -0.385. The lowest BCUT2D eigenvalue weighted by Gasteiger charge is -2.04. The van der Waals surface area contributed by atoms with Gasteiger partial charge >= 0.3 is 0 Å². The molecule has 2 aromatic rings. The van der Waals surface area contributed by atoms with Gasteiger partial charge < -0.3 is 0 Å². The van der Waals surface area contributed by atoms with Crippen LogP contribution < -0.4 is 0 Å². The fraction of sp³-hybridized carbons (Fsp3) is 0.176. The highest BCUT2D eigenvalue weighted by Gasteiger charge is 2.18. The standard InChI is InChI=1S/C17H14FNO4/c1-11(20)8-12-2-4-13(5-3-12)17(21)10-14-9-15(18)6-7-16(14)19(22)23/h2-7,9H,8,10H2,1H3. The van der Waals surface area contributed by atoms with E-state index in [1.54, 1.807) is 24.3 Å². The van der Waals surface area contributed by atoms with Crippen molar-refractivity contribution in [1.82, 2.24) is 0 Å². The van der Waals surface area contributed by atoms with Gasteiger partial charge in [-0.1, -0.05) is 24.3 Å². The number of Topliss-reactive ketones (excluding diaryl/α,β-unsaturated/α-hetero) is 2. The van der Waals surface area contributed by atoms with Crippen molar-refractivity contribution in [2.24, 2.45) is 0 Å². The molecule has 0 saturated carbocycles. The second-order valence-electron chi connectivity index (χ2n) is 5.21. The lowest BCUT2D eigenvalue weighted by atomic mass is 9.99. The summed E-state index contributed by atoms with van der Waals surface area (Å²) in [5.41, 5.74) is 0.891. The van der Waals surface area contributed by atoms with E-state index in [4.69, 9.17) is 0 Å². The molecule has 0 aliphatic heterocycles. The first-order valence-corrected chi connectivity index (χ1v) is 6.91. The molecule has 0 atom stereocenters. The number of rotatable bonds is 6. The largest absolute Gasteiger partial charge is 0.300 e. The molecule has 0 bridgehead atoms. The van der Waals surface area contributed by atoms with Gasteiger partial charge in [-0.2, -0.15) is 0 Å². The normalized spacial score (nSPS) is 10.3. The Morgan fingerprint density at radius 2 is 1.74 bits per heavy atom. The number of benzene rings is 2. The molecule has 0 aromatic heterocycles. The fourth-order valence-corrected chi connectivity index (χ4v) is 2.24. The van der Waals surface area contributed by atoms with Crippen LogP contribution in [0.15, 0.2) is 42.5 Å². The van der Waals surface area contributed by atoms with Crippen LogP contribution in [0.1, 0.15) is 28.4 Å². The number of carbonyl (C=O) groups excluding carboxylic acids is 2. The summed E-state index contributed by atoms with van der Waals surface area (Å²) in [5, 5.41) is 10.9. The number of nitro benzene ring substituents is 1. The summed E-state index contributed by atoms with van der Waals surface area (Å²) in [7, 11) is 0. The smallest absolute Gasteiger partial charge is 0.273 e. The number of ketones is 2. The Morgan fingerprint density at radius 1 is 1.09 bits per heavy atom. The molecular weight excluding hydrogens is 301 g/mol. The van der Waals surface area contributed by atoms with E-state index < -0.39 is 10.7 Å². The minimum atomic E-state index is -0.641. The maximum absolute atomic E-state index is 13.3. The predicted octanol–water partition coefficient (Wildman–Crippen LogP) is 3.29. The number of carbonyl (C=O) groups is 2. The minimum absolute atomic E-state index is 0.0134. The Hall–Kier alpha value is -2.89. The van der Waals surface area contributed by atoms with Crippen molar-refractivity contribution in [2.75, 3.05) is 0 Å². The average Bonchev–Trinajstić information content (AvgIpc) is 2.47. The van der Waals surface area contributed by atoms with E-state index in [0.29, 0.717) is 5.56 Å². The lowest BCUT2D eigenvalue weighted by Crippen LogP contribution is -2.07. The van der Waals surface area contributed by atoms with E-state index in [1.165, 1.54) is 6.92 Å². The molecule has 2 aromatic carbocycles. The number of nitro groups is 1. The van der Waals surface area contributed by atoms with Gasteiger partial charge in [0.25, 0.3) is 5.69 Å². The highest BCUT2D eigenvalue weighted by molar-refractivity contribution is 5.98. The highest BCUT2D eigenvalue weighted by atomic mass is 19.1. The predicted molar refractivity (Wildman–Crippen MR) is 81.9 cm³/mol. The molecule has 0 N–H and O–H groups in total. The summed E-state index contributed by atoms with van der Waals surface area (Å²) >= 11 is 0. The third-order valence-corrected chi connectivity index (χ3v) is 3.32. The van der Waals surface area contributed by atoms with Gasteiger partial charge in [0.15, 0.2) is 5.78 Å². The molecule has 0 aliphatic rings. The van der Waals surface area contributed by atoms with Gasteiger partial charge in [0.1, 0.15) is 11.6 Å². The maximum Gasteiger partial charge on any atom is 0.273 e. The number of hydrogen-bond acceptors (Lipinski definition) is 4. The highest BCUT2D eigenvalue weighted by Crippen LogP contribution is 2.21. The molecule has 23 heavy (non-hydrogen) atoms. The van der Waals surface area contributed by atoms with Crippen LogP contribution in [0, 0.1) is 15.9 Å². The van der Waals surface area contributed by atoms with Gasteiger partial charge in [0.05, 0.1) is 4.92 Å². The zero-order chi connectivity index (χ0) is 17.0. The summed E-state index contributed by atoms with van der Waals surface area (Å²) in [5.74, 6) is -0.970. The van der Waals surface area contributed by atoms with Crippen LogP contribution in [0.5, 0.6) is 0 Å². The Kier molecular flexibility index (Phi) is 4.95. The third-order valence-electron chi connectivity index (χ3n) is 3.32. The number of halogens is 1. The number of nitrogens with zero attached hydrogens (tertiary/aromatic N) is 1. The first-order valence-electron chi connectivity index (χ1n) is 6.91. The minimum Gasteiger partial charge on any atom is -0.300 e. The first-order chi connectivity index (χ1) is 10.9. The van der Waals surface area contributed by atoms with Crippen LogP contribution in [-0.4, -0.2) is 16.5 Å². The number of hydrogen-bond donors (Lipinski definition) is 0. The van der Waals surface area contributed by atoms with E-state index in [1.807, 2.05) is 0 Å². The van der Waals surface area contributed by atoms with Gasteiger partial charge in [-0.3, -0.25) is 19.7 Å². The van der Waals surface area contributed by atoms with Crippen molar-refractivity contribution in [1.29, 1.82) is 0 Å². The van der Waals surface area contributed by atoms with E-state index in [-0.39, 0.29) is 35.7 Å². The zero-order valence-corrected chi connectivity index (χ0v) is 12.4. The van der Waals surface area contributed by atoms with Crippen molar-refractivity contribution in [3.8, 4) is 0 Å². The van der Waals surface area contributed by atoms with E-state index in [2.05, 4.69) is 0 Å². The fourth-order valence-electron chi connectivity index (χ4n) is 2.24. The van der Waals surface area contributed by atoms with Crippen LogP contribution in [0.2, 0.25) is 0 Å². The Bertz CT molecular complexity index is 769. The second kappa shape index (κ2) is 6.91. The Morgan fingerprint density at radius 3 is 2.30 bits per heavy atom. The van der Waals surface area contributed by atoms with E-state index >= 15 is 0 Å². The first kappa shape index (κ1) is 16.5. The molecule has 0 saturated heterocycles. The summed E-state index contributed by atoms with van der Waals surface area (Å²) < 4.78 is 13.3. The molecule has 0 unspecified atom stereocenters. The molecule has 0 amide bonds. The van der Waals surface area contributed by atoms with Crippen LogP contribution >= 0.6 is 0 Å². The summed E-state index contributed by atoms with van der Waals surface area (Å²) in [6, 6.07) is 9.48. The van der Waals surface area contributed by atoms with E-state index in [0.717, 1.165) is 23.8 Å². The van der Waals surface area contributed by atoms with E-state index in [9.17, 15) is 24.1 Å². The average molecular weight is 315 g/mol. The van der Waals surface area contributed by atoms with Crippen molar-refractivity contribution < 1.29 is 18.9 Å². The monoisotopic (exact) mass is 315 g/mol. The maximum atomic E-state index is 13.3. The topological polar surface area (TPSA) is 77.3 Å². The zero-order valence-electron chi connectivity index (χ0n) is 12.4. The van der Waals surface area contributed by atoms with Gasteiger partial charge in [0.2, 0.25) is 0 Å². The molecule has 0 spiro atoms. The van der Waals surface area contributed by atoms with Gasteiger partial charge in [0, 0.05) is 30.0 Å². The molecule has 0 radical (unpaired) electrons. The summed E-state index contributed by atoms with van der Waals surface area (Å²) in [4.78, 5) is 33.6. The quantitative estimate of drug-likeness (QED) is 0.465.